The maximum absolute atomic E-state index is 10.6. The molecule has 0 radical (unpaired) electrons. The molecule has 0 heterocycles. The molecule has 3 heteroatoms. The second kappa shape index (κ2) is 25.3. The predicted molar refractivity (Wildman–Crippen MR) is 109 cm³/mol. The van der Waals surface area contributed by atoms with E-state index in [-0.39, 0.29) is 5.97 Å². The van der Waals surface area contributed by atoms with Crippen molar-refractivity contribution in [2.45, 2.75) is 117 Å². The Labute approximate surface area is 157 Å². The molecule has 0 saturated heterocycles. The van der Waals surface area contributed by atoms with Crippen LogP contribution in [0.4, 0.5) is 0 Å². The van der Waals surface area contributed by atoms with Crippen LogP contribution in [0.1, 0.15) is 117 Å². The van der Waals surface area contributed by atoms with Crippen LogP contribution in [0.2, 0.25) is 0 Å². The minimum atomic E-state index is -0.152. The summed E-state index contributed by atoms with van der Waals surface area (Å²) in [5.41, 5.74) is 0. The van der Waals surface area contributed by atoms with Crippen molar-refractivity contribution in [3.63, 3.8) is 0 Å². The van der Waals surface area contributed by atoms with E-state index < -0.39 is 0 Å². The fourth-order valence-electron chi connectivity index (χ4n) is 2.87. The largest absolute Gasteiger partial charge is 0.516 e. The number of carbonyl (C=O) groups is 1. The average molecular weight is 357 g/mol. The number of aliphatic hydroxyl groups is 1. The molecule has 150 valence electrons. The van der Waals surface area contributed by atoms with Gasteiger partial charge in [-0.25, -0.2) is 0 Å². The third-order valence-corrected chi connectivity index (χ3v) is 4.30. The van der Waals surface area contributed by atoms with Crippen molar-refractivity contribution in [3.8, 4) is 0 Å². The van der Waals surface area contributed by atoms with Gasteiger partial charge in [0.2, 0.25) is 0 Å². The molecule has 0 aromatic heterocycles. The number of unbranched alkanes of at least 4 members (excludes halogenated alkanes) is 15. The summed E-state index contributed by atoms with van der Waals surface area (Å²) in [6.45, 7) is 7.28. The zero-order valence-corrected chi connectivity index (χ0v) is 17.1. The van der Waals surface area contributed by atoms with E-state index in [0.29, 0.717) is 6.61 Å². The van der Waals surface area contributed by atoms with Gasteiger partial charge in [0.15, 0.2) is 0 Å². The maximum Gasteiger partial charge on any atom is 0.302 e. The van der Waals surface area contributed by atoms with E-state index in [1.165, 1.54) is 103 Å². The summed E-state index contributed by atoms with van der Waals surface area (Å²) in [6.07, 6.45) is 22.7. The van der Waals surface area contributed by atoms with Gasteiger partial charge >= 0.3 is 5.97 Å². The molecular weight excluding hydrogens is 312 g/mol. The molecule has 0 atom stereocenters. The van der Waals surface area contributed by atoms with E-state index in [1.54, 1.807) is 0 Å². The Morgan fingerprint density at radius 1 is 0.760 bits per heavy atom. The third kappa shape index (κ3) is 31.3. The first-order valence-electron chi connectivity index (χ1n) is 10.6. The monoisotopic (exact) mass is 356 g/mol. The molecular formula is C22H44O3. The minimum absolute atomic E-state index is 0.152. The molecule has 0 aromatic carbocycles. The van der Waals surface area contributed by atoms with E-state index in [9.17, 15) is 4.79 Å². The first kappa shape index (κ1) is 26.2. The number of esters is 1. The fraction of sp³-hybridized carbons (Fsp3) is 0.864. The standard InChI is InChI=1S/C20H40O2.C2H4O/c1-3-4-5-6-7-8-9-10-11-12-13-14-15-16-17-18-19-22-20(2)21;1-2-3/h3-19H2,1-2H3;2-3H,1H2. The fourth-order valence-corrected chi connectivity index (χ4v) is 2.87. The van der Waals surface area contributed by atoms with Gasteiger partial charge in [0, 0.05) is 6.92 Å². The van der Waals surface area contributed by atoms with Crippen molar-refractivity contribution in [2.24, 2.45) is 0 Å². The molecule has 0 rings (SSSR count). The van der Waals surface area contributed by atoms with Gasteiger partial charge in [-0.1, -0.05) is 110 Å². The molecule has 0 fully saturated rings. The van der Waals surface area contributed by atoms with Gasteiger partial charge in [-0.15, -0.1) is 0 Å². The normalized spacial score (nSPS) is 10.0. The highest BCUT2D eigenvalue weighted by molar-refractivity contribution is 5.65. The smallest absolute Gasteiger partial charge is 0.302 e. The Morgan fingerprint density at radius 2 is 1.04 bits per heavy atom. The first-order valence-corrected chi connectivity index (χ1v) is 10.6. The number of ether oxygens (including phenoxy) is 1. The zero-order chi connectivity index (χ0) is 19.0. The van der Waals surface area contributed by atoms with Gasteiger partial charge in [-0.05, 0) is 6.42 Å². The first-order chi connectivity index (χ1) is 12.2. The quantitative estimate of drug-likeness (QED) is 0.167. The molecule has 0 aliphatic heterocycles. The van der Waals surface area contributed by atoms with Crippen LogP contribution in [0.25, 0.3) is 0 Å². The number of rotatable bonds is 17. The van der Waals surface area contributed by atoms with Crippen molar-refractivity contribution in [1.29, 1.82) is 0 Å². The Bertz CT molecular complexity index is 264. The van der Waals surface area contributed by atoms with Gasteiger partial charge < -0.3 is 9.84 Å². The SMILES string of the molecule is C=CO.CCCCCCCCCCCCCCCCCCOC(C)=O. The summed E-state index contributed by atoms with van der Waals surface area (Å²) < 4.78 is 4.92. The van der Waals surface area contributed by atoms with Gasteiger partial charge in [0.25, 0.3) is 0 Å². The highest BCUT2D eigenvalue weighted by Crippen LogP contribution is 2.13. The minimum Gasteiger partial charge on any atom is -0.516 e. The van der Waals surface area contributed by atoms with Crippen molar-refractivity contribution in [3.05, 3.63) is 12.8 Å². The van der Waals surface area contributed by atoms with Crippen LogP contribution < -0.4 is 0 Å². The van der Waals surface area contributed by atoms with Crippen molar-refractivity contribution in [1.82, 2.24) is 0 Å². The average Bonchev–Trinajstić information content (AvgIpc) is 2.58. The van der Waals surface area contributed by atoms with Gasteiger partial charge in [0.1, 0.15) is 0 Å². The van der Waals surface area contributed by atoms with Crippen LogP contribution in [0, 0.1) is 0 Å². The van der Waals surface area contributed by atoms with Crippen LogP contribution in [-0.2, 0) is 9.53 Å². The molecule has 0 spiro atoms. The lowest BCUT2D eigenvalue weighted by atomic mass is 10.0. The van der Waals surface area contributed by atoms with Crippen LogP contribution in [0.5, 0.6) is 0 Å². The second-order valence-electron chi connectivity index (χ2n) is 6.83. The predicted octanol–water partition coefficient (Wildman–Crippen LogP) is 7.50. The van der Waals surface area contributed by atoms with Gasteiger partial charge in [-0.3, -0.25) is 4.79 Å². The lowest BCUT2D eigenvalue weighted by Crippen LogP contribution is -2.00. The Kier molecular flexibility index (Phi) is 26.5. The van der Waals surface area contributed by atoms with E-state index in [4.69, 9.17) is 9.84 Å². The van der Waals surface area contributed by atoms with E-state index in [2.05, 4.69) is 13.5 Å². The number of aliphatic hydroxyl groups excluding tert-OH is 1. The van der Waals surface area contributed by atoms with E-state index in [0.717, 1.165) is 12.7 Å². The molecule has 0 aliphatic rings. The second-order valence-corrected chi connectivity index (χ2v) is 6.83. The van der Waals surface area contributed by atoms with Crippen molar-refractivity contribution in [2.75, 3.05) is 6.61 Å². The molecule has 0 aliphatic carbocycles. The van der Waals surface area contributed by atoms with Crippen LogP contribution in [0.3, 0.4) is 0 Å². The number of carbonyl (C=O) groups excluding carboxylic acids is 1. The van der Waals surface area contributed by atoms with Gasteiger partial charge in [-0.2, -0.15) is 0 Å². The topological polar surface area (TPSA) is 46.5 Å². The number of hydrogen-bond acceptors (Lipinski definition) is 3. The van der Waals surface area contributed by atoms with E-state index >= 15 is 0 Å². The van der Waals surface area contributed by atoms with Gasteiger partial charge in [0.05, 0.1) is 12.9 Å². The van der Waals surface area contributed by atoms with Crippen LogP contribution in [0.15, 0.2) is 12.8 Å². The highest BCUT2D eigenvalue weighted by Gasteiger charge is 1.95. The number of hydrogen-bond donors (Lipinski definition) is 1. The Balaban J connectivity index is 0. The Morgan fingerprint density at radius 3 is 1.32 bits per heavy atom. The third-order valence-electron chi connectivity index (χ3n) is 4.30. The molecule has 0 unspecified atom stereocenters. The lowest BCUT2D eigenvalue weighted by Gasteiger charge is -2.04. The summed E-state index contributed by atoms with van der Waals surface area (Å²) in [6, 6.07) is 0. The summed E-state index contributed by atoms with van der Waals surface area (Å²) in [7, 11) is 0. The Hall–Kier alpha value is -0.990. The molecule has 25 heavy (non-hydrogen) atoms. The molecule has 3 nitrogen and oxygen atoms in total. The molecule has 0 amide bonds. The molecule has 1 N–H and O–H groups in total. The van der Waals surface area contributed by atoms with Crippen LogP contribution >= 0.6 is 0 Å². The molecule has 0 bridgehead atoms. The van der Waals surface area contributed by atoms with Crippen LogP contribution in [-0.4, -0.2) is 17.7 Å². The summed E-state index contributed by atoms with van der Waals surface area (Å²) >= 11 is 0. The van der Waals surface area contributed by atoms with E-state index in [1.807, 2.05) is 0 Å². The molecule has 0 saturated carbocycles. The lowest BCUT2D eigenvalue weighted by molar-refractivity contribution is -0.141. The summed E-state index contributed by atoms with van der Waals surface area (Å²) in [5, 5.41) is 7.33. The van der Waals surface area contributed by atoms with Crippen molar-refractivity contribution < 1.29 is 14.6 Å². The zero-order valence-electron chi connectivity index (χ0n) is 17.1. The van der Waals surface area contributed by atoms with Crippen molar-refractivity contribution >= 4 is 5.97 Å². The molecule has 0 aromatic rings. The maximum atomic E-state index is 10.6. The highest BCUT2D eigenvalue weighted by atomic mass is 16.5. The summed E-state index contributed by atoms with van der Waals surface area (Å²) in [4.78, 5) is 10.6. The summed E-state index contributed by atoms with van der Waals surface area (Å²) in [5.74, 6) is -0.152.